The lowest BCUT2D eigenvalue weighted by molar-refractivity contribution is -0.132. The summed E-state index contributed by atoms with van der Waals surface area (Å²) in [5.74, 6) is 0.238. The summed E-state index contributed by atoms with van der Waals surface area (Å²) in [5.41, 5.74) is 10.6. The van der Waals surface area contributed by atoms with Gasteiger partial charge in [-0.2, -0.15) is 25.3 Å². The van der Waals surface area contributed by atoms with Gasteiger partial charge < -0.3 is 16.8 Å². The van der Waals surface area contributed by atoms with Crippen LogP contribution < -0.4 is 16.8 Å². The van der Waals surface area contributed by atoms with Crippen LogP contribution in [0.2, 0.25) is 0 Å². The maximum atomic E-state index is 12.2. The molecule has 0 spiro atoms. The summed E-state index contributed by atoms with van der Waals surface area (Å²) in [7, 11) is 0. The van der Waals surface area contributed by atoms with Gasteiger partial charge in [0.2, 0.25) is 5.91 Å². The quantitative estimate of drug-likeness (QED) is 0.297. The third-order valence-electron chi connectivity index (χ3n) is 3.18. The summed E-state index contributed by atoms with van der Waals surface area (Å²) < 4.78 is 0. The molecule has 1 amide bonds. The maximum absolute atomic E-state index is 12.2. The van der Waals surface area contributed by atoms with Crippen LogP contribution in [0.4, 0.5) is 0 Å². The Labute approximate surface area is 132 Å². The van der Waals surface area contributed by atoms with Gasteiger partial charge in [-0.1, -0.05) is 20.3 Å². The minimum absolute atomic E-state index is 0.180. The molecule has 0 aliphatic heterocycles. The molecule has 0 saturated carbocycles. The summed E-state index contributed by atoms with van der Waals surface area (Å²) in [4.78, 5) is 24.2. The van der Waals surface area contributed by atoms with Crippen LogP contribution in [-0.2, 0) is 9.59 Å². The number of unbranched alkanes of at least 4 members (excludes halogenated alkanes) is 1. The Morgan fingerprint density at radius 3 is 2.30 bits per heavy atom. The van der Waals surface area contributed by atoms with Gasteiger partial charge in [0, 0.05) is 11.5 Å². The predicted molar refractivity (Wildman–Crippen MR) is 89.3 cm³/mol. The Balaban J connectivity index is 4.51. The van der Waals surface area contributed by atoms with E-state index in [-0.39, 0.29) is 17.4 Å². The predicted octanol–water partition coefficient (Wildman–Crippen LogP) is 0.382. The molecule has 0 saturated heterocycles. The third kappa shape index (κ3) is 6.47. The average molecular weight is 322 g/mol. The largest absolute Gasteiger partial charge is 0.345 e. The van der Waals surface area contributed by atoms with Crippen molar-refractivity contribution < 1.29 is 9.59 Å². The molecule has 20 heavy (non-hydrogen) atoms. The first-order valence-corrected chi connectivity index (χ1v) is 8.08. The van der Waals surface area contributed by atoms with Gasteiger partial charge in [-0.25, -0.2) is 0 Å². The van der Waals surface area contributed by atoms with E-state index in [2.05, 4.69) is 30.6 Å². The number of carbonyl (C=O) groups is 2. The molecule has 0 rings (SSSR count). The van der Waals surface area contributed by atoms with Crippen LogP contribution >= 0.6 is 25.3 Å². The Kier molecular flexibility index (Phi) is 9.54. The van der Waals surface area contributed by atoms with Crippen molar-refractivity contribution in [3.05, 3.63) is 0 Å². The van der Waals surface area contributed by atoms with E-state index in [1.54, 1.807) is 13.8 Å². The van der Waals surface area contributed by atoms with Gasteiger partial charge in [-0.05, 0) is 19.4 Å². The molecule has 0 aliphatic carbocycles. The summed E-state index contributed by atoms with van der Waals surface area (Å²) >= 11 is 8.27. The highest BCUT2D eigenvalue weighted by atomic mass is 32.1. The van der Waals surface area contributed by atoms with Crippen molar-refractivity contribution in [2.24, 2.45) is 16.9 Å². The van der Waals surface area contributed by atoms with Crippen LogP contribution in [0.1, 0.15) is 33.1 Å². The summed E-state index contributed by atoms with van der Waals surface area (Å²) in [6, 6.07) is -1.24. The lowest BCUT2D eigenvalue weighted by Gasteiger charge is -2.26. The number of ketones is 1. The lowest BCUT2D eigenvalue weighted by atomic mass is 9.94. The number of carbonyl (C=O) groups excluding carboxylic acids is 2. The summed E-state index contributed by atoms with van der Waals surface area (Å²) in [5, 5.41) is 2.71. The lowest BCUT2D eigenvalue weighted by Crippen LogP contribution is -2.52. The molecule has 0 aromatic rings. The second-order valence-electron chi connectivity index (χ2n) is 5.54. The van der Waals surface area contributed by atoms with Crippen molar-refractivity contribution >= 4 is 36.9 Å². The van der Waals surface area contributed by atoms with Crippen LogP contribution in [0.3, 0.4) is 0 Å². The van der Waals surface area contributed by atoms with E-state index in [4.69, 9.17) is 11.5 Å². The molecule has 5 N–H and O–H groups in total. The van der Waals surface area contributed by atoms with Crippen molar-refractivity contribution in [1.82, 2.24) is 5.32 Å². The van der Waals surface area contributed by atoms with Gasteiger partial charge in [-0.15, -0.1) is 0 Å². The van der Waals surface area contributed by atoms with E-state index in [9.17, 15) is 9.59 Å². The van der Waals surface area contributed by atoms with Gasteiger partial charge in [0.15, 0.2) is 5.78 Å². The van der Waals surface area contributed by atoms with E-state index >= 15 is 0 Å². The van der Waals surface area contributed by atoms with E-state index in [1.807, 2.05) is 0 Å². The molecule has 0 heterocycles. The van der Waals surface area contributed by atoms with E-state index in [0.717, 1.165) is 12.8 Å². The van der Waals surface area contributed by atoms with E-state index < -0.39 is 17.5 Å². The first-order valence-electron chi connectivity index (χ1n) is 6.82. The first kappa shape index (κ1) is 19.8. The molecule has 0 radical (unpaired) electrons. The fourth-order valence-corrected chi connectivity index (χ4v) is 1.96. The Morgan fingerprint density at radius 2 is 1.85 bits per heavy atom. The molecule has 0 aromatic heterocycles. The highest BCUT2D eigenvalue weighted by Crippen LogP contribution is 2.17. The number of hydrogen-bond donors (Lipinski definition) is 5. The zero-order valence-electron chi connectivity index (χ0n) is 12.3. The van der Waals surface area contributed by atoms with Gasteiger partial charge in [-0.3, -0.25) is 9.59 Å². The number of Topliss-reactive ketones (excluding diaryl/α,β-unsaturated/α-hetero) is 1. The molecule has 118 valence electrons. The molecule has 0 fully saturated rings. The van der Waals surface area contributed by atoms with Crippen molar-refractivity contribution in [2.45, 2.75) is 45.2 Å². The molecule has 0 aliphatic rings. The van der Waals surface area contributed by atoms with Crippen LogP contribution in [0.5, 0.6) is 0 Å². The van der Waals surface area contributed by atoms with E-state index in [0.29, 0.717) is 18.7 Å². The second kappa shape index (κ2) is 9.65. The van der Waals surface area contributed by atoms with Gasteiger partial charge in [0.1, 0.15) is 0 Å². The van der Waals surface area contributed by atoms with Gasteiger partial charge in [0.25, 0.3) is 0 Å². The molecule has 7 heteroatoms. The Hall–Kier alpha value is -0.240. The summed E-state index contributed by atoms with van der Waals surface area (Å²) in [6.45, 7) is 4.14. The smallest absolute Gasteiger partial charge is 0.227 e. The number of rotatable bonds is 10. The van der Waals surface area contributed by atoms with Crippen LogP contribution in [0.15, 0.2) is 0 Å². The monoisotopic (exact) mass is 321 g/mol. The van der Waals surface area contributed by atoms with Gasteiger partial charge >= 0.3 is 0 Å². The highest BCUT2D eigenvalue weighted by molar-refractivity contribution is 7.80. The fourth-order valence-electron chi connectivity index (χ4n) is 1.54. The first-order chi connectivity index (χ1) is 9.30. The fraction of sp³-hybridized carbons (Fsp3) is 0.846. The minimum Gasteiger partial charge on any atom is -0.345 e. The normalized spacial score (nSPS) is 14.7. The minimum atomic E-state index is -0.655. The van der Waals surface area contributed by atoms with Gasteiger partial charge in [0.05, 0.1) is 17.5 Å². The number of amides is 1. The summed E-state index contributed by atoms with van der Waals surface area (Å²) in [6.07, 6.45) is 2.22. The Morgan fingerprint density at radius 1 is 1.25 bits per heavy atom. The van der Waals surface area contributed by atoms with Crippen LogP contribution in [0, 0.1) is 5.41 Å². The molecular formula is C13H27N3O2S2. The SMILES string of the molecule is CC(C)(CS)C(=O)N[C@@H](CS)C(=O)C(N)CCCCN. The number of thiol groups is 2. The molecule has 0 aromatic carbocycles. The van der Waals surface area contributed by atoms with Crippen LogP contribution in [0.25, 0.3) is 0 Å². The third-order valence-corrected chi connectivity index (χ3v) is 4.33. The van der Waals surface area contributed by atoms with Crippen LogP contribution in [-0.4, -0.2) is 41.8 Å². The zero-order valence-corrected chi connectivity index (χ0v) is 14.1. The maximum Gasteiger partial charge on any atom is 0.227 e. The van der Waals surface area contributed by atoms with E-state index in [1.165, 1.54) is 0 Å². The zero-order chi connectivity index (χ0) is 15.8. The molecule has 2 atom stereocenters. The average Bonchev–Trinajstić information content (AvgIpc) is 2.43. The number of nitrogens with one attached hydrogen (secondary N) is 1. The molecule has 5 nitrogen and oxygen atoms in total. The van der Waals surface area contributed by atoms with Crippen molar-refractivity contribution in [3.63, 3.8) is 0 Å². The molecule has 0 bridgehead atoms. The molecular weight excluding hydrogens is 294 g/mol. The van der Waals surface area contributed by atoms with Crippen molar-refractivity contribution in [3.8, 4) is 0 Å². The number of nitrogens with two attached hydrogens (primary N) is 2. The van der Waals surface area contributed by atoms with Crippen molar-refractivity contribution in [2.75, 3.05) is 18.1 Å². The van der Waals surface area contributed by atoms with Crippen molar-refractivity contribution in [1.29, 1.82) is 0 Å². The number of hydrogen-bond acceptors (Lipinski definition) is 6. The molecule has 1 unspecified atom stereocenters. The highest BCUT2D eigenvalue weighted by Gasteiger charge is 2.31. The Bertz CT molecular complexity index is 325. The second-order valence-corrected chi connectivity index (χ2v) is 6.23. The standard InChI is InChI=1S/C13H27N3O2S2/c1-13(2,8-20)12(18)16-10(7-19)11(17)9(15)5-3-4-6-14/h9-10,19-20H,3-8,14-15H2,1-2H3,(H,16,18)/t9?,10-/m0/s1. The topological polar surface area (TPSA) is 98.2 Å².